The molecule has 1 rings (SSSR count). The van der Waals surface area contributed by atoms with Gasteiger partial charge in [-0.15, -0.1) is 0 Å². The standard InChI is InChI=1S/C14H22FNO3/c1-11(2)19-8-7-18-10-14(17)9-16-13-5-3-12(15)4-6-13/h3-6,11,14,16-17H,7-10H2,1-2H3. The van der Waals surface area contributed by atoms with Crippen LogP contribution < -0.4 is 5.32 Å². The van der Waals surface area contributed by atoms with E-state index in [1.807, 2.05) is 13.8 Å². The summed E-state index contributed by atoms with van der Waals surface area (Å²) in [6, 6.07) is 5.99. The van der Waals surface area contributed by atoms with Crippen molar-refractivity contribution in [2.75, 3.05) is 31.7 Å². The topological polar surface area (TPSA) is 50.7 Å². The van der Waals surface area contributed by atoms with Crippen LogP contribution in [0.1, 0.15) is 13.8 Å². The zero-order valence-electron chi connectivity index (χ0n) is 11.4. The summed E-state index contributed by atoms with van der Waals surface area (Å²) in [5.41, 5.74) is 0.767. The molecule has 2 N–H and O–H groups in total. The minimum absolute atomic E-state index is 0.189. The molecule has 0 aliphatic rings. The van der Waals surface area contributed by atoms with E-state index in [-0.39, 0.29) is 18.5 Å². The molecule has 1 aromatic carbocycles. The van der Waals surface area contributed by atoms with Crippen LogP contribution in [0.5, 0.6) is 0 Å². The smallest absolute Gasteiger partial charge is 0.123 e. The zero-order chi connectivity index (χ0) is 14.1. The maximum Gasteiger partial charge on any atom is 0.123 e. The molecule has 0 saturated carbocycles. The van der Waals surface area contributed by atoms with Gasteiger partial charge in [-0.1, -0.05) is 0 Å². The molecule has 0 saturated heterocycles. The highest BCUT2D eigenvalue weighted by Crippen LogP contribution is 2.07. The maximum atomic E-state index is 12.7. The summed E-state index contributed by atoms with van der Waals surface area (Å²) in [5, 5.41) is 12.7. The third-order valence-electron chi connectivity index (χ3n) is 2.38. The van der Waals surface area contributed by atoms with Gasteiger partial charge in [0.1, 0.15) is 5.82 Å². The molecular weight excluding hydrogens is 249 g/mol. The quantitative estimate of drug-likeness (QED) is 0.675. The molecule has 0 aliphatic carbocycles. The number of anilines is 1. The minimum Gasteiger partial charge on any atom is -0.389 e. The fourth-order valence-electron chi connectivity index (χ4n) is 1.42. The lowest BCUT2D eigenvalue weighted by atomic mass is 10.3. The monoisotopic (exact) mass is 271 g/mol. The summed E-state index contributed by atoms with van der Waals surface area (Å²) < 4.78 is 23.3. The van der Waals surface area contributed by atoms with Gasteiger partial charge in [-0.25, -0.2) is 4.39 Å². The molecule has 1 unspecified atom stereocenters. The van der Waals surface area contributed by atoms with Crippen molar-refractivity contribution in [2.24, 2.45) is 0 Å². The number of hydrogen-bond donors (Lipinski definition) is 2. The van der Waals surface area contributed by atoms with Gasteiger partial charge in [-0.3, -0.25) is 0 Å². The molecular formula is C14H22FNO3. The Morgan fingerprint density at radius 1 is 1.21 bits per heavy atom. The van der Waals surface area contributed by atoms with Crippen molar-refractivity contribution in [1.82, 2.24) is 0 Å². The number of nitrogens with one attached hydrogen (secondary N) is 1. The van der Waals surface area contributed by atoms with Crippen molar-refractivity contribution in [1.29, 1.82) is 0 Å². The van der Waals surface area contributed by atoms with Crippen molar-refractivity contribution in [3.05, 3.63) is 30.1 Å². The second kappa shape index (κ2) is 8.85. The first-order chi connectivity index (χ1) is 9.08. The van der Waals surface area contributed by atoms with Crippen LogP contribution in [0.15, 0.2) is 24.3 Å². The summed E-state index contributed by atoms with van der Waals surface area (Å²) in [6.07, 6.45) is -0.419. The molecule has 19 heavy (non-hydrogen) atoms. The Labute approximate surface area is 113 Å². The highest BCUT2D eigenvalue weighted by Gasteiger charge is 2.04. The third-order valence-corrected chi connectivity index (χ3v) is 2.38. The van der Waals surface area contributed by atoms with Gasteiger partial charge in [0, 0.05) is 12.2 Å². The van der Waals surface area contributed by atoms with Crippen molar-refractivity contribution in [3.63, 3.8) is 0 Å². The van der Waals surface area contributed by atoms with Crippen molar-refractivity contribution in [3.8, 4) is 0 Å². The number of hydrogen-bond acceptors (Lipinski definition) is 4. The van der Waals surface area contributed by atoms with Crippen molar-refractivity contribution < 1.29 is 19.0 Å². The van der Waals surface area contributed by atoms with Gasteiger partial charge in [0.2, 0.25) is 0 Å². The SMILES string of the molecule is CC(C)OCCOCC(O)CNc1ccc(F)cc1. The Balaban J connectivity index is 2.07. The third kappa shape index (κ3) is 7.77. The molecule has 0 bridgehead atoms. The zero-order valence-corrected chi connectivity index (χ0v) is 11.4. The average Bonchev–Trinajstić information content (AvgIpc) is 2.37. The van der Waals surface area contributed by atoms with E-state index in [4.69, 9.17) is 9.47 Å². The first-order valence-corrected chi connectivity index (χ1v) is 6.45. The molecule has 0 fully saturated rings. The first-order valence-electron chi connectivity index (χ1n) is 6.45. The molecule has 0 spiro atoms. The second-order valence-electron chi connectivity index (χ2n) is 4.54. The highest BCUT2D eigenvalue weighted by molar-refractivity contribution is 5.42. The molecule has 1 aromatic rings. The summed E-state index contributed by atoms with van der Waals surface area (Å²) in [6.45, 7) is 5.51. The molecule has 0 amide bonds. The maximum absolute atomic E-state index is 12.7. The van der Waals surface area contributed by atoms with Crippen molar-refractivity contribution >= 4 is 5.69 Å². The fraction of sp³-hybridized carbons (Fsp3) is 0.571. The van der Waals surface area contributed by atoms with Gasteiger partial charge in [-0.05, 0) is 38.1 Å². The average molecular weight is 271 g/mol. The van der Waals surface area contributed by atoms with Crippen LogP contribution in [0, 0.1) is 5.82 Å². The minimum atomic E-state index is -0.607. The van der Waals surface area contributed by atoms with Crippen LogP contribution in [0.25, 0.3) is 0 Å². The van der Waals surface area contributed by atoms with E-state index in [0.717, 1.165) is 5.69 Å². The molecule has 0 aromatic heterocycles. The Kier molecular flexibility index (Phi) is 7.40. The summed E-state index contributed by atoms with van der Waals surface area (Å²) in [5.74, 6) is -0.278. The highest BCUT2D eigenvalue weighted by atomic mass is 19.1. The number of aliphatic hydroxyl groups is 1. The lowest BCUT2D eigenvalue weighted by molar-refractivity contribution is -0.00734. The van der Waals surface area contributed by atoms with Gasteiger partial charge in [0.05, 0.1) is 32.0 Å². The number of aliphatic hydroxyl groups excluding tert-OH is 1. The van der Waals surface area contributed by atoms with Crippen LogP contribution in [-0.2, 0) is 9.47 Å². The Hall–Kier alpha value is -1.17. The predicted molar refractivity (Wildman–Crippen MR) is 72.8 cm³/mol. The Morgan fingerprint density at radius 2 is 1.89 bits per heavy atom. The summed E-state index contributed by atoms with van der Waals surface area (Å²) in [7, 11) is 0. The van der Waals surface area contributed by atoms with E-state index in [2.05, 4.69) is 5.32 Å². The largest absolute Gasteiger partial charge is 0.389 e. The lowest BCUT2D eigenvalue weighted by Gasteiger charge is -2.14. The van der Waals surface area contributed by atoms with Crippen molar-refractivity contribution in [2.45, 2.75) is 26.1 Å². The van der Waals surface area contributed by atoms with Gasteiger partial charge in [0.25, 0.3) is 0 Å². The predicted octanol–water partition coefficient (Wildman–Crippen LogP) is 2.04. The van der Waals surface area contributed by atoms with Crippen LogP contribution in [0.2, 0.25) is 0 Å². The van der Waals surface area contributed by atoms with E-state index < -0.39 is 6.10 Å². The summed E-state index contributed by atoms with van der Waals surface area (Å²) >= 11 is 0. The van der Waals surface area contributed by atoms with E-state index in [1.54, 1.807) is 12.1 Å². The van der Waals surface area contributed by atoms with Gasteiger partial charge in [0.15, 0.2) is 0 Å². The Bertz CT molecular complexity index is 343. The molecule has 1 atom stereocenters. The molecule has 0 radical (unpaired) electrons. The van der Waals surface area contributed by atoms with E-state index >= 15 is 0 Å². The molecule has 5 heteroatoms. The van der Waals surface area contributed by atoms with Gasteiger partial charge >= 0.3 is 0 Å². The molecule has 4 nitrogen and oxygen atoms in total. The normalized spacial score (nSPS) is 12.7. The number of benzene rings is 1. The Morgan fingerprint density at radius 3 is 2.53 bits per heavy atom. The van der Waals surface area contributed by atoms with Crippen LogP contribution in [0.4, 0.5) is 10.1 Å². The lowest BCUT2D eigenvalue weighted by Crippen LogP contribution is -2.25. The first kappa shape index (κ1) is 15.9. The van der Waals surface area contributed by atoms with E-state index in [0.29, 0.717) is 19.8 Å². The van der Waals surface area contributed by atoms with Crippen LogP contribution >= 0.6 is 0 Å². The van der Waals surface area contributed by atoms with Crippen LogP contribution in [-0.4, -0.2) is 43.7 Å². The second-order valence-corrected chi connectivity index (χ2v) is 4.54. The molecule has 108 valence electrons. The fourth-order valence-corrected chi connectivity index (χ4v) is 1.42. The number of ether oxygens (including phenoxy) is 2. The molecule has 0 heterocycles. The van der Waals surface area contributed by atoms with Crippen LogP contribution in [0.3, 0.4) is 0 Å². The summed E-state index contributed by atoms with van der Waals surface area (Å²) in [4.78, 5) is 0. The van der Waals surface area contributed by atoms with E-state index in [9.17, 15) is 9.50 Å². The molecule has 0 aliphatic heterocycles. The van der Waals surface area contributed by atoms with Gasteiger partial charge in [-0.2, -0.15) is 0 Å². The number of rotatable bonds is 9. The number of halogens is 1. The van der Waals surface area contributed by atoms with Gasteiger partial charge < -0.3 is 19.9 Å². The van der Waals surface area contributed by atoms with E-state index in [1.165, 1.54) is 12.1 Å².